The Kier molecular flexibility index (Phi) is 4.31. The molecule has 0 fully saturated rings. The number of nitrogens with one attached hydrogen (secondary N) is 2. The van der Waals surface area contributed by atoms with Gasteiger partial charge < -0.3 is 5.11 Å². The molecule has 2 aromatic carbocycles. The van der Waals surface area contributed by atoms with E-state index in [0.717, 1.165) is 5.56 Å². The highest BCUT2D eigenvalue weighted by molar-refractivity contribution is 6.10. The molecule has 3 aromatic rings. The van der Waals surface area contributed by atoms with Gasteiger partial charge in [-0.2, -0.15) is 5.10 Å². The van der Waals surface area contributed by atoms with Gasteiger partial charge in [0.2, 0.25) is 5.88 Å². The number of H-pyrrole nitrogens is 1. The van der Waals surface area contributed by atoms with Crippen molar-refractivity contribution in [1.82, 2.24) is 4.98 Å². The zero-order valence-electron chi connectivity index (χ0n) is 15.6. The van der Waals surface area contributed by atoms with Crippen LogP contribution in [0.25, 0.3) is 6.08 Å². The van der Waals surface area contributed by atoms with Gasteiger partial charge in [-0.25, -0.2) is 5.01 Å². The van der Waals surface area contributed by atoms with Gasteiger partial charge in [0.1, 0.15) is 10.9 Å². The van der Waals surface area contributed by atoms with Crippen molar-refractivity contribution in [2.45, 2.75) is 19.8 Å². The second-order valence-electron chi connectivity index (χ2n) is 7.00. The molecule has 28 heavy (non-hydrogen) atoms. The lowest BCUT2D eigenvalue weighted by Crippen LogP contribution is -2.42. The molecular weight excluding hydrogens is 352 g/mol. The smallest absolute Gasteiger partial charge is 0.260 e. The number of anilines is 1. The van der Waals surface area contributed by atoms with Crippen LogP contribution in [0, 0.1) is 5.41 Å². The number of aromatic amines is 1. The van der Waals surface area contributed by atoms with Gasteiger partial charge in [0.05, 0.1) is 10.9 Å². The summed E-state index contributed by atoms with van der Waals surface area (Å²) in [6, 6.07) is 17.1. The Morgan fingerprint density at radius 2 is 1.79 bits per heavy atom. The molecule has 140 valence electrons. The number of para-hydroxylation sites is 1. The Labute approximate surface area is 161 Å². The first-order valence-electron chi connectivity index (χ1n) is 9.05. The zero-order valence-corrected chi connectivity index (χ0v) is 15.6. The maximum Gasteiger partial charge on any atom is 0.260 e. The Balaban J connectivity index is 1.91. The van der Waals surface area contributed by atoms with Gasteiger partial charge in [-0.1, -0.05) is 56.3 Å². The molecule has 0 saturated heterocycles. The number of aromatic hydroxyl groups is 1. The first-order chi connectivity index (χ1) is 13.5. The van der Waals surface area contributed by atoms with Crippen molar-refractivity contribution in [2.75, 3.05) is 5.01 Å². The number of nitrogens with zero attached hydrogens (tertiary/aromatic N) is 2. The number of fused-ring (bicyclic) bond motifs is 1. The SMILES string of the molecule is CC(C)c1ccc(C=c2c(=O)[nH]c(O)c3c2=NN(c2ccccc2)C3=N)cc1. The summed E-state index contributed by atoms with van der Waals surface area (Å²) in [5.74, 6) is 0.0875. The fraction of sp³-hybridized carbons (Fsp3) is 0.136. The molecule has 0 radical (unpaired) electrons. The topological polar surface area (TPSA) is 92.5 Å². The zero-order chi connectivity index (χ0) is 19.8. The van der Waals surface area contributed by atoms with Gasteiger partial charge in [0.15, 0.2) is 5.84 Å². The van der Waals surface area contributed by atoms with E-state index in [2.05, 4.69) is 23.9 Å². The summed E-state index contributed by atoms with van der Waals surface area (Å²) in [4.78, 5) is 15.0. The first kappa shape index (κ1) is 17.7. The molecule has 0 saturated carbocycles. The van der Waals surface area contributed by atoms with Crippen LogP contribution >= 0.6 is 0 Å². The number of amidine groups is 1. The largest absolute Gasteiger partial charge is 0.494 e. The van der Waals surface area contributed by atoms with Crippen LogP contribution < -0.4 is 21.1 Å². The molecular formula is C22H20N4O2. The van der Waals surface area contributed by atoms with Crippen LogP contribution in [-0.2, 0) is 0 Å². The van der Waals surface area contributed by atoms with E-state index in [9.17, 15) is 9.90 Å². The number of pyridine rings is 1. The fourth-order valence-corrected chi connectivity index (χ4v) is 3.21. The van der Waals surface area contributed by atoms with Crippen molar-refractivity contribution >= 4 is 17.6 Å². The monoisotopic (exact) mass is 372 g/mol. The summed E-state index contributed by atoms with van der Waals surface area (Å²) >= 11 is 0. The molecule has 0 bridgehead atoms. The van der Waals surface area contributed by atoms with E-state index in [1.807, 2.05) is 54.6 Å². The predicted octanol–water partition coefficient (Wildman–Crippen LogP) is 2.41. The third kappa shape index (κ3) is 2.99. The normalized spacial score (nSPS) is 13.8. The third-order valence-corrected chi connectivity index (χ3v) is 4.77. The Hall–Kier alpha value is -3.67. The summed E-state index contributed by atoms with van der Waals surface area (Å²) in [6.07, 6.45) is 1.73. The Morgan fingerprint density at radius 3 is 2.43 bits per heavy atom. The standard InChI is InChI=1S/C22H20N4O2/c1-13(2)15-10-8-14(9-11-15)12-17-19-18(22(28)24-21(17)27)20(23)26(25-19)16-6-4-3-5-7-16/h3-13,23,28H,1-2H3,(H,24,27). The predicted molar refractivity (Wildman–Crippen MR) is 109 cm³/mol. The van der Waals surface area contributed by atoms with E-state index in [-0.39, 0.29) is 17.3 Å². The lowest BCUT2D eigenvalue weighted by atomic mass is 10.0. The first-order valence-corrected chi connectivity index (χ1v) is 9.05. The van der Waals surface area contributed by atoms with Gasteiger partial charge in [-0.3, -0.25) is 15.2 Å². The minimum atomic E-state index is -0.448. The van der Waals surface area contributed by atoms with Crippen LogP contribution in [0.15, 0.2) is 64.5 Å². The highest BCUT2D eigenvalue weighted by Crippen LogP contribution is 2.21. The van der Waals surface area contributed by atoms with Crippen molar-refractivity contribution in [3.05, 3.63) is 92.2 Å². The molecule has 0 atom stereocenters. The summed E-state index contributed by atoms with van der Waals surface area (Å²) in [7, 11) is 0. The van der Waals surface area contributed by atoms with Crippen LogP contribution in [-0.4, -0.2) is 15.9 Å². The molecule has 3 N–H and O–H groups in total. The highest BCUT2D eigenvalue weighted by Gasteiger charge is 2.26. The molecule has 6 nitrogen and oxygen atoms in total. The number of hydrogen-bond donors (Lipinski definition) is 3. The van der Waals surface area contributed by atoms with Crippen molar-refractivity contribution in [2.24, 2.45) is 5.10 Å². The maximum absolute atomic E-state index is 12.5. The van der Waals surface area contributed by atoms with Gasteiger partial charge in [-0.15, -0.1) is 0 Å². The van der Waals surface area contributed by atoms with Crippen LogP contribution in [0.4, 0.5) is 5.69 Å². The fourth-order valence-electron chi connectivity index (χ4n) is 3.21. The highest BCUT2D eigenvalue weighted by atomic mass is 16.3. The summed E-state index contributed by atoms with van der Waals surface area (Å²) in [5.41, 5.74) is 2.51. The summed E-state index contributed by atoms with van der Waals surface area (Å²) in [6.45, 7) is 4.25. The quantitative estimate of drug-likeness (QED) is 0.659. The van der Waals surface area contributed by atoms with E-state index >= 15 is 0 Å². The van der Waals surface area contributed by atoms with Crippen LogP contribution in [0.3, 0.4) is 0 Å². The molecule has 0 aliphatic carbocycles. The lowest BCUT2D eigenvalue weighted by molar-refractivity contribution is 0.449. The second kappa shape index (κ2) is 6.81. The minimum absolute atomic E-state index is 0.0137. The third-order valence-electron chi connectivity index (χ3n) is 4.77. The van der Waals surface area contributed by atoms with E-state index in [1.165, 1.54) is 10.6 Å². The van der Waals surface area contributed by atoms with Crippen molar-refractivity contribution in [3.8, 4) is 5.88 Å². The molecule has 2 heterocycles. The average molecular weight is 372 g/mol. The van der Waals surface area contributed by atoms with Crippen molar-refractivity contribution in [1.29, 1.82) is 5.41 Å². The van der Waals surface area contributed by atoms with Crippen LogP contribution in [0.2, 0.25) is 0 Å². The van der Waals surface area contributed by atoms with Crippen molar-refractivity contribution < 1.29 is 5.11 Å². The van der Waals surface area contributed by atoms with E-state index < -0.39 is 5.56 Å². The molecule has 1 aliphatic heterocycles. The molecule has 0 amide bonds. The van der Waals surface area contributed by atoms with Crippen molar-refractivity contribution in [3.63, 3.8) is 0 Å². The summed E-state index contributed by atoms with van der Waals surface area (Å²) in [5, 5.41) is 25.1. The number of rotatable bonds is 3. The number of benzene rings is 2. The lowest BCUT2D eigenvalue weighted by Gasteiger charge is -2.13. The molecule has 0 unspecified atom stereocenters. The number of hydrogen-bond acceptors (Lipinski definition) is 4. The average Bonchev–Trinajstić information content (AvgIpc) is 3.04. The minimum Gasteiger partial charge on any atom is -0.494 e. The van der Waals surface area contributed by atoms with E-state index in [1.54, 1.807) is 6.08 Å². The maximum atomic E-state index is 12.5. The molecule has 6 heteroatoms. The van der Waals surface area contributed by atoms with Gasteiger partial charge in [0, 0.05) is 0 Å². The second-order valence-corrected chi connectivity index (χ2v) is 7.00. The number of aromatic nitrogens is 1. The Morgan fingerprint density at radius 1 is 1.11 bits per heavy atom. The van der Waals surface area contributed by atoms with Crippen LogP contribution in [0.5, 0.6) is 5.88 Å². The van der Waals surface area contributed by atoms with Gasteiger partial charge >= 0.3 is 0 Å². The van der Waals surface area contributed by atoms with Crippen LogP contribution in [0.1, 0.15) is 36.5 Å². The molecule has 1 aliphatic rings. The van der Waals surface area contributed by atoms with E-state index in [4.69, 9.17) is 5.41 Å². The van der Waals surface area contributed by atoms with Gasteiger partial charge in [0.25, 0.3) is 5.56 Å². The van der Waals surface area contributed by atoms with E-state index in [0.29, 0.717) is 22.2 Å². The molecule has 4 rings (SSSR count). The summed E-state index contributed by atoms with van der Waals surface area (Å²) < 4.78 is 0. The molecule has 0 spiro atoms. The molecule has 1 aromatic heterocycles. The van der Waals surface area contributed by atoms with Gasteiger partial charge in [-0.05, 0) is 35.3 Å². The Bertz CT molecular complexity index is 1230.